The smallest absolute Gasteiger partial charge is 0.248 e. The third-order valence-electron chi connectivity index (χ3n) is 5.23. The van der Waals surface area contributed by atoms with E-state index in [0.717, 1.165) is 16.7 Å². The van der Waals surface area contributed by atoms with Crippen molar-refractivity contribution < 1.29 is 13.6 Å². The van der Waals surface area contributed by atoms with Gasteiger partial charge in [0.05, 0.1) is 0 Å². The molecule has 0 aliphatic carbocycles. The molecule has 5 rings (SSSR count). The Bertz CT molecular complexity index is 1530. The summed E-state index contributed by atoms with van der Waals surface area (Å²) in [6.07, 6.45) is 3.03. The molecule has 2 aromatic heterocycles. The molecule has 0 saturated heterocycles. The van der Waals surface area contributed by atoms with Gasteiger partial charge in [-0.15, -0.1) is 0 Å². The summed E-state index contributed by atoms with van der Waals surface area (Å²) in [6, 6.07) is 21.9. The molecule has 0 aliphatic heterocycles. The number of amides is 1. The number of fused-ring (bicyclic) bond motifs is 1. The van der Waals surface area contributed by atoms with Gasteiger partial charge in [-0.1, -0.05) is 29.3 Å². The average Bonchev–Trinajstić information content (AvgIpc) is 3.47. The monoisotopic (exact) mass is 488 g/mol. The number of aryl methyl sites for hydroxylation is 1. The SMILES string of the molecule is Cc1ccc(-c2nc3cc(NC(=O)/C=C/c4ccc(-c5ccc(Cl)cc5)o4)ccc3o2)cc1Cl. The first-order chi connectivity index (χ1) is 16.4. The Morgan fingerprint density at radius 3 is 2.50 bits per heavy atom. The molecule has 0 spiro atoms. The Balaban J connectivity index is 1.28. The van der Waals surface area contributed by atoms with Gasteiger partial charge in [0.1, 0.15) is 17.0 Å². The van der Waals surface area contributed by atoms with Crippen LogP contribution in [-0.2, 0) is 4.79 Å². The van der Waals surface area contributed by atoms with Gasteiger partial charge >= 0.3 is 0 Å². The molecule has 2 heterocycles. The number of nitrogens with one attached hydrogen (secondary N) is 1. The first-order valence-electron chi connectivity index (χ1n) is 10.5. The summed E-state index contributed by atoms with van der Waals surface area (Å²) >= 11 is 12.1. The second kappa shape index (κ2) is 9.21. The summed E-state index contributed by atoms with van der Waals surface area (Å²) < 4.78 is 11.6. The summed E-state index contributed by atoms with van der Waals surface area (Å²) in [5.41, 5.74) is 4.52. The van der Waals surface area contributed by atoms with E-state index in [4.69, 9.17) is 32.0 Å². The number of halogens is 2. The van der Waals surface area contributed by atoms with Crippen LogP contribution in [0.25, 0.3) is 40.0 Å². The van der Waals surface area contributed by atoms with Crippen molar-refractivity contribution in [2.75, 3.05) is 5.32 Å². The third-order valence-corrected chi connectivity index (χ3v) is 5.89. The Hall–Kier alpha value is -3.80. The number of anilines is 1. The lowest BCUT2D eigenvalue weighted by Crippen LogP contribution is -2.07. The zero-order valence-electron chi connectivity index (χ0n) is 18.0. The molecule has 1 N–H and O–H groups in total. The fourth-order valence-corrected chi connectivity index (χ4v) is 3.71. The molecule has 0 aliphatic rings. The van der Waals surface area contributed by atoms with E-state index in [2.05, 4.69) is 10.3 Å². The maximum Gasteiger partial charge on any atom is 0.248 e. The Labute approximate surface area is 205 Å². The molecule has 1 amide bonds. The van der Waals surface area contributed by atoms with Crippen LogP contribution in [0.5, 0.6) is 0 Å². The van der Waals surface area contributed by atoms with E-state index in [1.807, 2.05) is 43.3 Å². The number of furan rings is 1. The highest BCUT2D eigenvalue weighted by Gasteiger charge is 2.11. The van der Waals surface area contributed by atoms with Crippen LogP contribution in [0.1, 0.15) is 11.3 Å². The van der Waals surface area contributed by atoms with E-state index >= 15 is 0 Å². The predicted molar refractivity (Wildman–Crippen MR) is 136 cm³/mol. The number of carbonyl (C=O) groups excluding carboxylic acids is 1. The second-order valence-corrected chi connectivity index (χ2v) is 8.54. The van der Waals surface area contributed by atoms with E-state index in [-0.39, 0.29) is 5.91 Å². The molecule has 34 heavy (non-hydrogen) atoms. The van der Waals surface area contributed by atoms with Crippen molar-refractivity contribution in [3.8, 4) is 22.8 Å². The molecule has 5 aromatic rings. The van der Waals surface area contributed by atoms with Gasteiger partial charge < -0.3 is 14.2 Å². The van der Waals surface area contributed by atoms with E-state index in [9.17, 15) is 4.79 Å². The van der Waals surface area contributed by atoms with Gasteiger partial charge in [-0.25, -0.2) is 4.98 Å². The lowest BCUT2D eigenvalue weighted by Gasteiger charge is -2.00. The van der Waals surface area contributed by atoms with Crippen LogP contribution in [0.4, 0.5) is 5.69 Å². The maximum absolute atomic E-state index is 12.4. The van der Waals surface area contributed by atoms with Crippen LogP contribution >= 0.6 is 23.2 Å². The highest BCUT2D eigenvalue weighted by atomic mass is 35.5. The van der Waals surface area contributed by atoms with Gasteiger partial charge in [0.15, 0.2) is 5.58 Å². The van der Waals surface area contributed by atoms with Crippen molar-refractivity contribution in [2.24, 2.45) is 0 Å². The van der Waals surface area contributed by atoms with Crippen LogP contribution in [0.15, 0.2) is 87.7 Å². The summed E-state index contributed by atoms with van der Waals surface area (Å²) in [6.45, 7) is 1.94. The third kappa shape index (κ3) is 4.76. The fourth-order valence-electron chi connectivity index (χ4n) is 3.41. The quantitative estimate of drug-likeness (QED) is 0.254. The molecule has 168 valence electrons. The van der Waals surface area contributed by atoms with Crippen molar-refractivity contribution in [3.63, 3.8) is 0 Å². The number of benzene rings is 3. The van der Waals surface area contributed by atoms with Gasteiger partial charge in [-0.2, -0.15) is 0 Å². The van der Waals surface area contributed by atoms with Crippen molar-refractivity contribution in [1.29, 1.82) is 0 Å². The largest absolute Gasteiger partial charge is 0.457 e. The fraction of sp³-hybridized carbons (Fsp3) is 0.0370. The zero-order valence-corrected chi connectivity index (χ0v) is 19.5. The number of carbonyl (C=O) groups is 1. The first kappa shape index (κ1) is 22.0. The molecule has 0 saturated carbocycles. The molecule has 7 heteroatoms. The molecular formula is C27H18Cl2N2O3. The summed E-state index contributed by atoms with van der Waals surface area (Å²) in [5, 5.41) is 4.14. The standard InChI is InChI=1S/C27H18Cl2N2O3/c1-16-2-3-18(14-22(16)29)27-31-23-15-20(8-11-25(23)34-27)30-26(32)13-10-21-9-12-24(33-21)17-4-6-19(28)7-5-17/h2-15H,1H3,(H,30,32)/b13-10+. The molecule has 0 radical (unpaired) electrons. The van der Waals surface area contributed by atoms with Crippen molar-refractivity contribution in [2.45, 2.75) is 6.92 Å². The Morgan fingerprint density at radius 1 is 0.912 bits per heavy atom. The van der Waals surface area contributed by atoms with Crippen molar-refractivity contribution in [1.82, 2.24) is 4.98 Å². The van der Waals surface area contributed by atoms with Crippen LogP contribution in [-0.4, -0.2) is 10.9 Å². The molecule has 0 atom stereocenters. The number of hydrogen-bond acceptors (Lipinski definition) is 4. The average molecular weight is 489 g/mol. The molecule has 0 fully saturated rings. The number of oxazole rings is 1. The van der Waals surface area contributed by atoms with E-state index in [1.54, 1.807) is 42.5 Å². The second-order valence-electron chi connectivity index (χ2n) is 7.70. The van der Waals surface area contributed by atoms with Crippen molar-refractivity contribution in [3.05, 3.63) is 100 Å². The van der Waals surface area contributed by atoms with Crippen LogP contribution in [0.3, 0.4) is 0 Å². The minimum Gasteiger partial charge on any atom is -0.457 e. The van der Waals surface area contributed by atoms with Gasteiger partial charge in [-0.05, 0) is 85.3 Å². The van der Waals surface area contributed by atoms with Crippen LogP contribution < -0.4 is 5.32 Å². The van der Waals surface area contributed by atoms with Crippen molar-refractivity contribution >= 4 is 52.0 Å². The van der Waals surface area contributed by atoms with Gasteiger partial charge in [0.25, 0.3) is 0 Å². The Morgan fingerprint density at radius 2 is 1.71 bits per heavy atom. The molecule has 0 bridgehead atoms. The van der Waals surface area contributed by atoms with Gasteiger partial charge in [0.2, 0.25) is 11.8 Å². The summed E-state index contributed by atoms with van der Waals surface area (Å²) in [7, 11) is 0. The number of nitrogens with zero attached hydrogens (tertiary/aromatic N) is 1. The number of rotatable bonds is 5. The lowest BCUT2D eigenvalue weighted by molar-refractivity contribution is -0.111. The lowest BCUT2D eigenvalue weighted by atomic mass is 10.1. The van der Waals surface area contributed by atoms with Crippen LogP contribution in [0.2, 0.25) is 10.0 Å². The first-order valence-corrected chi connectivity index (χ1v) is 11.2. The normalized spacial score (nSPS) is 11.4. The minimum atomic E-state index is -0.294. The number of hydrogen-bond donors (Lipinski definition) is 1. The van der Waals surface area contributed by atoms with Crippen LogP contribution in [0, 0.1) is 6.92 Å². The minimum absolute atomic E-state index is 0.294. The van der Waals surface area contributed by atoms with E-state index in [1.165, 1.54) is 6.08 Å². The van der Waals surface area contributed by atoms with E-state index < -0.39 is 0 Å². The maximum atomic E-state index is 12.4. The topological polar surface area (TPSA) is 68.3 Å². The zero-order chi connectivity index (χ0) is 23.7. The van der Waals surface area contributed by atoms with E-state index in [0.29, 0.717) is 44.2 Å². The molecule has 5 nitrogen and oxygen atoms in total. The Kier molecular flexibility index (Phi) is 5.97. The number of aromatic nitrogens is 1. The molecule has 3 aromatic carbocycles. The summed E-state index contributed by atoms with van der Waals surface area (Å²) in [4.78, 5) is 17.0. The van der Waals surface area contributed by atoms with Gasteiger partial charge in [-0.3, -0.25) is 4.79 Å². The predicted octanol–water partition coefficient (Wildman–Crippen LogP) is 8.02. The summed E-state index contributed by atoms with van der Waals surface area (Å²) in [5.74, 6) is 1.43. The molecular weight excluding hydrogens is 471 g/mol. The highest BCUT2D eigenvalue weighted by molar-refractivity contribution is 6.31. The molecule has 0 unspecified atom stereocenters. The van der Waals surface area contributed by atoms with Gasteiger partial charge in [0, 0.05) is 32.9 Å². The highest BCUT2D eigenvalue weighted by Crippen LogP contribution is 2.29.